The van der Waals surface area contributed by atoms with Crippen molar-refractivity contribution in [2.24, 2.45) is 0 Å². The molecule has 0 aliphatic heterocycles. The van der Waals surface area contributed by atoms with Crippen molar-refractivity contribution in [3.8, 4) is 0 Å². The fraction of sp³-hybridized carbons (Fsp3) is 0.286. The number of furan rings is 1. The lowest BCUT2D eigenvalue weighted by Crippen LogP contribution is -2.27. The van der Waals surface area contributed by atoms with Gasteiger partial charge in [0.25, 0.3) is 5.78 Å². The zero-order valence-electron chi connectivity index (χ0n) is 12.3. The summed E-state index contributed by atoms with van der Waals surface area (Å²) in [4.78, 5) is 22.1. The third-order valence-electron chi connectivity index (χ3n) is 3.04. The first kappa shape index (κ1) is 14.6. The van der Waals surface area contributed by atoms with Crippen LogP contribution in [0.1, 0.15) is 11.5 Å². The van der Waals surface area contributed by atoms with E-state index in [4.69, 9.17) is 4.42 Å². The van der Waals surface area contributed by atoms with Crippen LogP contribution in [0.3, 0.4) is 0 Å². The van der Waals surface area contributed by atoms with Gasteiger partial charge in [-0.1, -0.05) is 11.8 Å². The zero-order chi connectivity index (χ0) is 15.5. The van der Waals surface area contributed by atoms with E-state index in [-0.39, 0.29) is 11.7 Å². The van der Waals surface area contributed by atoms with Crippen LogP contribution in [0.5, 0.6) is 0 Å². The molecule has 3 rings (SSSR count). The van der Waals surface area contributed by atoms with E-state index in [2.05, 4.69) is 15.1 Å². The summed E-state index contributed by atoms with van der Waals surface area (Å²) in [5.74, 6) is 2.40. The van der Waals surface area contributed by atoms with Crippen LogP contribution in [0.2, 0.25) is 0 Å². The Kier molecular flexibility index (Phi) is 4.10. The van der Waals surface area contributed by atoms with Gasteiger partial charge in [0.1, 0.15) is 11.5 Å². The van der Waals surface area contributed by atoms with Gasteiger partial charge in [-0.15, -0.1) is 5.10 Å². The molecule has 0 unspecified atom stereocenters. The first-order valence-corrected chi connectivity index (χ1v) is 7.70. The molecule has 3 aromatic rings. The van der Waals surface area contributed by atoms with Gasteiger partial charge in [0.15, 0.2) is 0 Å². The molecule has 3 heterocycles. The predicted molar refractivity (Wildman–Crippen MR) is 81.4 cm³/mol. The Labute approximate surface area is 131 Å². The molecule has 0 spiro atoms. The molecule has 0 aromatic carbocycles. The molecule has 0 radical (unpaired) electrons. The summed E-state index contributed by atoms with van der Waals surface area (Å²) in [7, 11) is 1.75. The lowest BCUT2D eigenvalue weighted by molar-refractivity contribution is -0.127. The maximum absolute atomic E-state index is 12.1. The van der Waals surface area contributed by atoms with Crippen molar-refractivity contribution in [1.82, 2.24) is 24.5 Å². The minimum atomic E-state index is -0.00846. The minimum Gasteiger partial charge on any atom is -0.464 e. The topological polar surface area (TPSA) is 76.5 Å². The van der Waals surface area contributed by atoms with E-state index in [9.17, 15) is 4.79 Å². The van der Waals surface area contributed by atoms with Gasteiger partial charge < -0.3 is 9.32 Å². The third-order valence-corrected chi connectivity index (χ3v) is 3.86. The van der Waals surface area contributed by atoms with Gasteiger partial charge >= 0.3 is 0 Å². The van der Waals surface area contributed by atoms with Crippen LogP contribution < -0.4 is 0 Å². The lowest BCUT2D eigenvalue weighted by Gasteiger charge is -2.14. The normalized spacial score (nSPS) is 11.0. The molecule has 0 fully saturated rings. The SMILES string of the molecule is Cc1ccc(CN(C)C(=O)CSc2nc3ncccn3n2)o1. The Balaban J connectivity index is 1.57. The highest BCUT2D eigenvalue weighted by atomic mass is 32.2. The van der Waals surface area contributed by atoms with Crippen molar-refractivity contribution in [2.45, 2.75) is 18.6 Å². The average Bonchev–Trinajstić information content (AvgIpc) is 3.10. The molecular formula is C14H15N5O2S. The van der Waals surface area contributed by atoms with Gasteiger partial charge in [-0.25, -0.2) is 9.50 Å². The van der Waals surface area contributed by atoms with Crippen LogP contribution in [-0.4, -0.2) is 43.2 Å². The molecular weight excluding hydrogens is 302 g/mol. The Hall–Kier alpha value is -2.35. The Morgan fingerprint density at radius 3 is 3.05 bits per heavy atom. The van der Waals surface area contributed by atoms with Gasteiger partial charge in [0.05, 0.1) is 12.3 Å². The third kappa shape index (κ3) is 3.28. The van der Waals surface area contributed by atoms with Crippen LogP contribution in [0, 0.1) is 6.92 Å². The predicted octanol–water partition coefficient (Wildman–Crippen LogP) is 1.78. The Morgan fingerprint density at radius 2 is 2.32 bits per heavy atom. The molecule has 22 heavy (non-hydrogen) atoms. The number of aryl methyl sites for hydroxylation is 1. The van der Waals surface area contributed by atoms with Crippen LogP contribution in [0.15, 0.2) is 40.2 Å². The first-order valence-electron chi connectivity index (χ1n) is 6.71. The molecule has 0 bridgehead atoms. The largest absolute Gasteiger partial charge is 0.464 e. The smallest absolute Gasteiger partial charge is 0.253 e. The number of rotatable bonds is 5. The molecule has 1 amide bonds. The summed E-state index contributed by atoms with van der Waals surface area (Å²) in [6.07, 6.45) is 3.43. The number of fused-ring (bicyclic) bond motifs is 1. The van der Waals surface area contributed by atoms with E-state index in [1.807, 2.05) is 19.1 Å². The number of hydrogen-bond donors (Lipinski definition) is 0. The van der Waals surface area contributed by atoms with Crippen LogP contribution >= 0.6 is 11.8 Å². The molecule has 8 heteroatoms. The summed E-state index contributed by atoms with van der Waals surface area (Å²) in [5, 5.41) is 4.78. The van der Waals surface area contributed by atoms with Crippen molar-refractivity contribution < 1.29 is 9.21 Å². The van der Waals surface area contributed by atoms with E-state index >= 15 is 0 Å². The van der Waals surface area contributed by atoms with Gasteiger partial charge in [-0.3, -0.25) is 4.79 Å². The van der Waals surface area contributed by atoms with Gasteiger partial charge in [0, 0.05) is 19.4 Å². The van der Waals surface area contributed by atoms with Crippen molar-refractivity contribution in [3.63, 3.8) is 0 Å². The first-order chi connectivity index (χ1) is 10.6. The lowest BCUT2D eigenvalue weighted by atomic mass is 10.4. The number of nitrogens with zero attached hydrogens (tertiary/aromatic N) is 5. The van der Waals surface area contributed by atoms with Crippen molar-refractivity contribution in [3.05, 3.63) is 42.1 Å². The second-order valence-electron chi connectivity index (χ2n) is 4.81. The molecule has 0 saturated carbocycles. The van der Waals surface area contributed by atoms with Crippen LogP contribution in [0.25, 0.3) is 5.78 Å². The average molecular weight is 317 g/mol. The zero-order valence-corrected chi connectivity index (χ0v) is 13.1. The van der Waals surface area contributed by atoms with Gasteiger partial charge in [0.2, 0.25) is 11.1 Å². The maximum Gasteiger partial charge on any atom is 0.253 e. The fourth-order valence-electron chi connectivity index (χ4n) is 1.90. The highest BCUT2D eigenvalue weighted by Gasteiger charge is 2.13. The van der Waals surface area contributed by atoms with Gasteiger partial charge in [-0.2, -0.15) is 4.98 Å². The van der Waals surface area contributed by atoms with Gasteiger partial charge in [-0.05, 0) is 25.1 Å². The number of aromatic nitrogens is 4. The second kappa shape index (κ2) is 6.18. The minimum absolute atomic E-state index is 0.00846. The highest BCUT2D eigenvalue weighted by molar-refractivity contribution is 7.99. The summed E-state index contributed by atoms with van der Waals surface area (Å²) in [5.41, 5.74) is 0. The van der Waals surface area contributed by atoms with E-state index < -0.39 is 0 Å². The van der Waals surface area contributed by atoms with E-state index in [1.165, 1.54) is 11.8 Å². The number of amides is 1. The van der Waals surface area contributed by atoms with E-state index in [1.54, 1.807) is 34.9 Å². The summed E-state index contributed by atoms with van der Waals surface area (Å²) in [6.45, 7) is 2.33. The highest BCUT2D eigenvalue weighted by Crippen LogP contribution is 2.15. The number of thioether (sulfide) groups is 1. The number of carbonyl (C=O) groups is 1. The molecule has 114 valence electrons. The molecule has 0 saturated heterocycles. The summed E-state index contributed by atoms with van der Waals surface area (Å²) in [6, 6.07) is 5.54. The Morgan fingerprint density at radius 1 is 1.45 bits per heavy atom. The van der Waals surface area contributed by atoms with E-state index in [0.717, 1.165) is 11.5 Å². The number of carbonyl (C=O) groups excluding carboxylic acids is 1. The molecule has 7 nitrogen and oxygen atoms in total. The second-order valence-corrected chi connectivity index (χ2v) is 5.75. The molecule has 3 aromatic heterocycles. The van der Waals surface area contributed by atoms with Crippen LogP contribution in [-0.2, 0) is 11.3 Å². The molecule has 0 atom stereocenters. The number of hydrogen-bond acceptors (Lipinski definition) is 6. The monoisotopic (exact) mass is 317 g/mol. The quantitative estimate of drug-likeness (QED) is 0.668. The van der Waals surface area contributed by atoms with Crippen molar-refractivity contribution in [2.75, 3.05) is 12.8 Å². The molecule has 0 aliphatic carbocycles. The Bertz CT molecular complexity index is 764. The van der Waals surface area contributed by atoms with Crippen molar-refractivity contribution >= 4 is 23.4 Å². The summed E-state index contributed by atoms with van der Waals surface area (Å²) >= 11 is 1.29. The molecule has 0 aliphatic rings. The fourth-order valence-corrected chi connectivity index (χ4v) is 2.67. The van der Waals surface area contributed by atoms with Crippen molar-refractivity contribution in [1.29, 1.82) is 0 Å². The molecule has 0 N–H and O–H groups in total. The van der Waals surface area contributed by atoms with Crippen LogP contribution in [0.4, 0.5) is 0 Å². The van der Waals surface area contributed by atoms with E-state index in [0.29, 0.717) is 17.5 Å². The maximum atomic E-state index is 12.1. The summed E-state index contributed by atoms with van der Waals surface area (Å²) < 4.78 is 7.06. The standard InChI is InChI=1S/C14H15N5O2S/c1-10-4-5-11(21-10)8-18(2)12(20)9-22-14-16-13-15-6-3-7-19(13)17-14/h3-7H,8-9H2,1-2H3.